The van der Waals surface area contributed by atoms with E-state index in [0.717, 1.165) is 37.8 Å². The third kappa shape index (κ3) is 3.20. The maximum Gasteiger partial charge on any atom is 0.226 e. The number of hydrogen-bond donors (Lipinski definition) is 1. The van der Waals surface area contributed by atoms with Crippen LogP contribution in [0.4, 0.5) is 0 Å². The first-order valence-electron chi connectivity index (χ1n) is 6.05. The van der Waals surface area contributed by atoms with Crippen LogP contribution in [0.3, 0.4) is 0 Å². The summed E-state index contributed by atoms with van der Waals surface area (Å²) < 4.78 is 0. The van der Waals surface area contributed by atoms with Crippen LogP contribution in [0.5, 0.6) is 0 Å². The molecule has 2 N–H and O–H groups in total. The van der Waals surface area contributed by atoms with Crippen molar-refractivity contribution in [2.24, 2.45) is 23.5 Å². The van der Waals surface area contributed by atoms with E-state index in [4.69, 9.17) is 5.73 Å². The lowest BCUT2D eigenvalue weighted by Gasteiger charge is -2.35. The minimum Gasteiger partial charge on any atom is -0.342 e. The predicted octanol–water partition coefficient (Wildman–Crippen LogP) is 1.48. The zero-order valence-electron chi connectivity index (χ0n) is 10.2. The summed E-state index contributed by atoms with van der Waals surface area (Å²) in [5.74, 6) is 1.76. The molecule has 1 amide bonds. The Bertz CT molecular complexity index is 208. The summed E-state index contributed by atoms with van der Waals surface area (Å²) in [5.41, 5.74) is 5.51. The molecule has 1 fully saturated rings. The molecule has 0 bridgehead atoms. The van der Waals surface area contributed by atoms with Crippen molar-refractivity contribution >= 4 is 5.91 Å². The molecule has 88 valence electrons. The molecule has 1 unspecified atom stereocenters. The van der Waals surface area contributed by atoms with E-state index < -0.39 is 0 Å². The van der Waals surface area contributed by atoms with Gasteiger partial charge in [-0.05, 0) is 24.7 Å². The molecule has 1 aliphatic rings. The van der Waals surface area contributed by atoms with Gasteiger partial charge in [0.05, 0.1) is 0 Å². The zero-order chi connectivity index (χ0) is 11.4. The molecule has 15 heavy (non-hydrogen) atoms. The van der Waals surface area contributed by atoms with Crippen molar-refractivity contribution in [1.82, 2.24) is 4.90 Å². The maximum absolute atomic E-state index is 11.9. The Morgan fingerprint density at radius 3 is 2.27 bits per heavy atom. The summed E-state index contributed by atoms with van der Waals surface area (Å²) in [7, 11) is 0. The zero-order valence-corrected chi connectivity index (χ0v) is 10.2. The fourth-order valence-electron chi connectivity index (χ4n) is 2.20. The van der Waals surface area contributed by atoms with Crippen molar-refractivity contribution in [3.63, 3.8) is 0 Å². The molecule has 1 heterocycles. The fourth-order valence-corrected chi connectivity index (χ4v) is 2.20. The molecular formula is C12H24N2O. The SMILES string of the molecule is CC(CN)C(=O)N1CCC(C(C)C)CC1. The summed E-state index contributed by atoms with van der Waals surface area (Å²) in [5, 5.41) is 0. The van der Waals surface area contributed by atoms with Gasteiger partial charge in [0.15, 0.2) is 0 Å². The van der Waals surface area contributed by atoms with E-state index in [1.54, 1.807) is 0 Å². The van der Waals surface area contributed by atoms with Crippen LogP contribution in [-0.2, 0) is 4.79 Å². The number of likely N-dealkylation sites (tertiary alicyclic amines) is 1. The second kappa shape index (κ2) is 5.50. The van der Waals surface area contributed by atoms with Crippen LogP contribution in [0.25, 0.3) is 0 Å². The van der Waals surface area contributed by atoms with Gasteiger partial charge in [-0.25, -0.2) is 0 Å². The number of nitrogens with zero attached hydrogens (tertiary/aromatic N) is 1. The summed E-state index contributed by atoms with van der Waals surface area (Å²) >= 11 is 0. The number of rotatable bonds is 3. The maximum atomic E-state index is 11.9. The number of hydrogen-bond acceptors (Lipinski definition) is 2. The van der Waals surface area contributed by atoms with Gasteiger partial charge >= 0.3 is 0 Å². The van der Waals surface area contributed by atoms with Gasteiger partial charge in [0.1, 0.15) is 0 Å². The second-order valence-corrected chi connectivity index (χ2v) is 5.04. The molecule has 1 rings (SSSR count). The van der Waals surface area contributed by atoms with Crippen molar-refractivity contribution in [3.8, 4) is 0 Å². The summed E-state index contributed by atoms with van der Waals surface area (Å²) in [6.45, 7) is 8.76. The number of amides is 1. The van der Waals surface area contributed by atoms with E-state index >= 15 is 0 Å². The van der Waals surface area contributed by atoms with Crippen molar-refractivity contribution in [3.05, 3.63) is 0 Å². The Morgan fingerprint density at radius 2 is 1.87 bits per heavy atom. The van der Waals surface area contributed by atoms with E-state index in [2.05, 4.69) is 13.8 Å². The average molecular weight is 212 g/mol. The molecule has 0 aromatic heterocycles. The van der Waals surface area contributed by atoms with Crippen LogP contribution in [0.1, 0.15) is 33.6 Å². The van der Waals surface area contributed by atoms with E-state index in [-0.39, 0.29) is 11.8 Å². The van der Waals surface area contributed by atoms with Crippen LogP contribution in [-0.4, -0.2) is 30.4 Å². The number of carbonyl (C=O) groups excluding carboxylic acids is 1. The molecule has 3 nitrogen and oxygen atoms in total. The topological polar surface area (TPSA) is 46.3 Å². The normalized spacial score (nSPS) is 20.7. The monoisotopic (exact) mass is 212 g/mol. The van der Waals surface area contributed by atoms with E-state index in [9.17, 15) is 4.79 Å². The molecule has 0 spiro atoms. The Kier molecular flexibility index (Phi) is 4.58. The molecule has 0 aromatic carbocycles. The molecule has 0 radical (unpaired) electrons. The first kappa shape index (κ1) is 12.5. The van der Waals surface area contributed by atoms with Gasteiger partial charge < -0.3 is 10.6 Å². The third-order valence-electron chi connectivity index (χ3n) is 3.57. The molecule has 1 atom stereocenters. The number of carbonyl (C=O) groups is 1. The lowest BCUT2D eigenvalue weighted by molar-refractivity contribution is -0.136. The van der Waals surface area contributed by atoms with Crippen LogP contribution < -0.4 is 5.73 Å². The summed E-state index contributed by atoms with van der Waals surface area (Å²) in [6, 6.07) is 0. The van der Waals surface area contributed by atoms with E-state index in [1.807, 2.05) is 11.8 Å². The Balaban J connectivity index is 2.40. The Morgan fingerprint density at radius 1 is 1.33 bits per heavy atom. The second-order valence-electron chi connectivity index (χ2n) is 5.04. The lowest BCUT2D eigenvalue weighted by atomic mass is 9.86. The first-order chi connectivity index (χ1) is 7.06. The van der Waals surface area contributed by atoms with Crippen LogP contribution in [0.2, 0.25) is 0 Å². The molecule has 1 saturated heterocycles. The van der Waals surface area contributed by atoms with Gasteiger partial charge in [0, 0.05) is 25.6 Å². The van der Waals surface area contributed by atoms with Gasteiger partial charge in [0.2, 0.25) is 5.91 Å². The van der Waals surface area contributed by atoms with Crippen molar-refractivity contribution in [2.45, 2.75) is 33.6 Å². The van der Waals surface area contributed by atoms with Gasteiger partial charge in [-0.1, -0.05) is 20.8 Å². The highest BCUT2D eigenvalue weighted by atomic mass is 16.2. The predicted molar refractivity (Wildman–Crippen MR) is 62.4 cm³/mol. The molecule has 0 aromatic rings. The minimum atomic E-state index is -0.0133. The van der Waals surface area contributed by atoms with Gasteiger partial charge in [-0.2, -0.15) is 0 Å². The Labute approximate surface area is 93.0 Å². The van der Waals surface area contributed by atoms with Crippen molar-refractivity contribution < 1.29 is 4.79 Å². The largest absolute Gasteiger partial charge is 0.342 e. The summed E-state index contributed by atoms with van der Waals surface area (Å²) in [4.78, 5) is 13.8. The minimum absolute atomic E-state index is 0.0133. The first-order valence-corrected chi connectivity index (χ1v) is 6.05. The molecule has 3 heteroatoms. The lowest BCUT2D eigenvalue weighted by Crippen LogP contribution is -2.43. The number of piperidine rings is 1. The van der Waals surface area contributed by atoms with E-state index in [0.29, 0.717) is 6.54 Å². The summed E-state index contributed by atoms with van der Waals surface area (Å²) in [6.07, 6.45) is 2.31. The van der Waals surface area contributed by atoms with Crippen LogP contribution in [0.15, 0.2) is 0 Å². The fraction of sp³-hybridized carbons (Fsp3) is 0.917. The standard InChI is InChI=1S/C12H24N2O/c1-9(2)11-4-6-14(7-5-11)12(15)10(3)8-13/h9-11H,4-8,13H2,1-3H3. The highest BCUT2D eigenvalue weighted by Crippen LogP contribution is 2.24. The van der Waals surface area contributed by atoms with Gasteiger partial charge in [-0.3, -0.25) is 4.79 Å². The van der Waals surface area contributed by atoms with Crippen molar-refractivity contribution in [1.29, 1.82) is 0 Å². The highest BCUT2D eigenvalue weighted by molar-refractivity contribution is 5.78. The molecule has 0 aliphatic carbocycles. The molecule has 0 saturated carbocycles. The van der Waals surface area contributed by atoms with Gasteiger partial charge in [-0.15, -0.1) is 0 Å². The van der Waals surface area contributed by atoms with Crippen molar-refractivity contribution in [2.75, 3.05) is 19.6 Å². The quantitative estimate of drug-likeness (QED) is 0.770. The average Bonchev–Trinajstić information content (AvgIpc) is 2.27. The highest BCUT2D eigenvalue weighted by Gasteiger charge is 2.26. The van der Waals surface area contributed by atoms with Crippen LogP contribution >= 0.6 is 0 Å². The van der Waals surface area contributed by atoms with Crippen LogP contribution in [0, 0.1) is 17.8 Å². The number of nitrogens with two attached hydrogens (primary N) is 1. The van der Waals surface area contributed by atoms with E-state index in [1.165, 1.54) is 0 Å². The Hall–Kier alpha value is -0.570. The van der Waals surface area contributed by atoms with Gasteiger partial charge in [0.25, 0.3) is 0 Å². The molecular weight excluding hydrogens is 188 g/mol. The smallest absolute Gasteiger partial charge is 0.226 e. The molecule has 1 aliphatic heterocycles. The third-order valence-corrected chi connectivity index (χ3v) is 3.57.